The molecule has 8 heteroatoms. The van der Waals surface area contributed by atoms with Crippen LogP contribution in [0, 0.1) is 12.8 Å². The van der Waals surface area contributed by atoms with Crippen molar-refractivity contribution in [2.75, 3.05) is 0 Å². The number of aliphatic hydroxyl groups excluding tert-OH is 1. The molecule has 2 N–H and O–H groups in total. The average molecular weight is 546 g/mol. The van der Waals surface area contributed by atoms with Gasteiger partial charge in [-0.25, -0.2) is 13.1 Å². The van der Waals surface area contributed by atoms with Gasteiger partial charge in [0.05, 0.1) is 11.0 Å². The molecule has 0 saturated carbocycles. The molecular weight excluding hydrogens is 502 g/mol. The second kappa shape index (κ2) is 13.0. The van der Waals surface area contributed by atoms with E-state index >= 15 is 0 Å². The van der Waals surface area contributed by atoms with Crippen molar-refractivity contribution in [2.45, 2.75) is 89.1 Å². The molecular formula is C29H43NO5SSi. The van der Waals surface area contributed by atoms with E-state index in [0.29, 0.717) is 0 Å². The van der Waals surface area contributed by atoms with Crippen molar-refractivity contribution < 1.29 is 22.7 Å². The highest BCUT2D eigenvalue weighted by Gasteiger charge is 2.47. The molecule has 1 amide bonds. The second-order valence-electron chi connectivity index (χ2n) is 10.7. The van der Waals surface area contributed by atoms with Crippen molar-refractivity contribution in [3.8, 4) is 0 Å². The van der Waals surface area contributed by atoms with E-state index in [0.717, 1.165) is 11.1 Å². The van der Waals surface area contributed by atoms with Crippen LogP contribution in [0.25, 0.3) is 0 Å². The number of amides is 1. The molecule has 0 aliphatic carbocycles. The minimum Gasteiger partial charge on any atom is -0.401 e. The summed E-state index contributed by atoms with van der Waals surface area (Å²) < 4.78 is 35.0. The number of carbonyl (C=O) groups is 1. The predicted octanol–water partition coefficient (Wildman–Crippen LogP) is 6.29. The molecule has 0 aromatic heterocycles. The van der Waals surface area contributed by atoms with E-state index in [9.17, 15) is 18.3 Å². The molecule has 204 valence electrons. The van der Waals surface area contributed by atoms with Gasteiger partial charge < -0.3 is 9.53 Å². The molecule has 0 radical (unpaired) electrons. The zero-order valence-corrected chi connectivity index (χ0v) is 25.1. The highest BCUT2D eigenvalue weighted by atomic mass is 32.2. The second-order valence-corrected chi connectivity index (χ2v) is 17.8. The highest BCUT2D eigenvalue weighted by Crippen LogP contribution is 2.43. The molecule has 0 heterocycles. The van der Waals surface area contributed by atoms with Gasteiger partial charge >= 0.3 is 0 Å². The Labute approximate surface area is 224 Å². The number of hydrogen-bond acceptors (Lipinski definition) is 5. The highest BCUT2D eigenvalue weighted by molar-refractivity contribution is 7.90. The summed E-state index contributed by atoms with van der Waals surface area (Å²) in [4.78, 5) is 13.5. The third kappa shape index (κ3) is 7.63. The van der Waals surface area contributed by atoms with Gasteiger partial charge in [-0.1, -0.05) is 109 Å². The van der Waals surface area contributed by atoms with Crippen LogP contribution in [0.2, 0.25) is 16.6 Å². The van der Waals surface area contributed by atoms with E-state index in [4.69, 9.17) is 4.43 Å². The van der Waals surface area contributed by atoms with E-state index in [-0.39, 0.29) is 27.4 Å². The van der Waals surface area contributed by atoms with Crippen LogP contribution in [0.1, 0.15) is 65.7 Å². The molecule has 3 atom stereocenters. The number of aryl methyl sites for hydroxylation is 1. The van der Waals surface area contributed by atoms with E-state index in [1.54, 1.807) is 24.3 Å². The summed E-state index contributed by atoms with van der Waals surface area (Å²) in [5.41, 5.74) is 2.26. The van der Waals surface area contributed by atoms with Crippen LogP contribution < -0.4 is 4.72 Å². The van der Waals surface area contributed by atoms with Gasteiger partial charge in [-0.2, -0.15) is 0 Å². The topological polar surface area (TPSA) is 92.7 Å². The lowest BCUT2D eigenvalue weighted by Gasteiger charge is -2.43. The molecule has 0 aliphatic rings. The van der Waals surface area contributed by atoms with E-state index in [1.807, 2.05) is 44.2 Å². The third-order valence-electron chi connectivity index (χ3n) is 7.09. The lowest BCUT2D eigenvalue weighted by Crippen LogP contribution is -2.53. The number of hydrogen-bond donors (Lipinski definition) is 2. The SMILES string of the molecule is Cc1ccc(S(=O)(=O)NC(=O)[C@@H](/C=C/[C@@H](C)[C@@H](O)c2ccccc2)O[Si](C(C)C)(C(C)C)C(C)C)cc1. The van der Waals surface area contributed by atoms with Crippen LogP contribution in [-0.2, 0) is 19.2 Å². The Morgan fingerprint density at radius 1 is 0.865 bits per heavy atom. The summed E-state index contributed by atoms with van der Waals surface area (Å²) in [6.45, 7) is 16.4. The van der Waals surface area contributed by atoms with Gasteiger partial charge in [-0.3, -0.25) is 4.79 Å². The Morgan fingerprint density at radius 3 is 1.86 bits per heavy atom. The van der Waals surface area contributed by atoms with Crippen molar-refractivity contribution in [3.63, 3.8) is 0 Å². The van der Waals surface area contributed by atoms with Gasteiger partial charge in [0.1, 0.15) is 6.10 Å². The number of nitrogens with one attached hydrogen (secondary N) is 1. The Kier molecular flexibility index (Phi) is 10.9. The first-order valence-electron chi connectivity index (χ1n) is 12.9. The molecule has 2 aromatic carbocycles. The Bertz CT molecular complexity index is 1120. The molecule has 0 unspecified atom stereocenters. The maximum Gasteiger partial charge on any atom is 0.265 e. The molecule has 0 bridgehead atoms. The number of sulfonamides is 1. The summed E-state index contributed by atoms with van der Waals surface area (Å²) in [6.07, 6.45) is 1.44. The maximum absolute atomic E-state index is 13.5. The van der Waals surface area contributed by atoms with Crippen LogP contribution >= 0.6 is 0 Å². The van der Waals surface area contributed by atoms with Crippen molar-refractivity contribution in [3.05, 3.63) is 77.9 Å². The van der Waals surface area contributed by atoms with Crippen LogP contribution in [0.4, 0.5) is 0 Å². The Balaban J connectivity index is 2.43. The normalized spacial score (nSPS) is 15.4. The van der Waals surface area contributed by atoms with Crippen LogP contribution in [0.3, 0.4) is 0 Å². The number of benzene rings is 2. The molecule has 0 saturated heterocycles. The summed E-state index contributed by atoms with van der Waals surface area (Å²) in [6, 6.07) is 15.6. The fourth-order valence-corrected chi connectivity index (χ4v) is 11.5. The summed E-state index contributed by atoms with van der Waals surface area (Å²) in [5, 5.41) is 10.8. The quantitative estimate of drug-likeness (QED) is 0.242. The summed E-state index contributed by atoms with van der Waals surface area (Å²) >= 11 is 0. The van der Waals surface area contributed by atoms with Crippen LogP contribution in [0.15, 0.2) is 71.6 Å². The van der Waals surface area contributed by atoms with E-state index < -0.39 is 36.5 Å². The summed E-state index contributed by atoms with van der Waals surface area (Å²) in [7, 11) is -6.63. The van der Waals surface area contributed by atoms with Crippen molar-refractivity contribution >= 4 is 24.2 Å². The monoisotopic (exact) mass is 545 g/mol. The minimum absolute atomic E-state index is 0.0159. The van der Waals surface area contributed by atoms with Gasteiger partial charge in [0, 0.05) is 5.92 Å². The molecule has 2 rings (SSSR count). The van der Waals surface area contributed by atoms with Gasteiger partial charge in [0.15, 0.2) is 0 Å². The molecule has 0 fully saturated rings. The third-order valence-corrected chi connectivity index (χ3v) is 14.5. The van der Waals surface area contributed by atoms with Crippen molar-refractivity contribution in [1.82, 2.24) is 4.72 Å². The standard InChI is InChI=1S/C29H43NO5SSi/c1-20(2)37(21(3)4,22(5)6)35-27(19-16-24(8)28(31)25-12-10-9-11-13-25)29(32)30-36(33,34)26-17-14-23(7)15-18-26/h9-22,24,27-28,31H,1-8H3,(H,30,32)/b19-16+/t24-,27-,28-/m1/s1. The zero-order valence-electron chi connectivity index (χ0n) is 23.3. The zero-order chi connectivity index (χ0) is 28.0. The van der Waals surface area contributed by atoms with Gasteiger partial charge in [-0.15, -0.1) is 0 Å². The van der Waals surface area contributed by atoms with Gasteiger partial charge in [-0.05, 0) is 41.2 Å². The first-order chi connectivity index (χ1) is 17.2. The minimum atomic E-state index is -4.08. The van der Waals surface area contributed by atoms with Crippen LogP contribution in [0.5, 0.6) is 0 Å². The molecule has 37 heavy (non-hydrogen) atoms. The van der Waals surface area contributed by atoms with Crippen molar-refractivity contribution in [1.29, 1.82) is 0 Å². The van der Waals surface area contributed by atoms with Crippen molar-refractivity contribution in [2.24, 2.45) is 5.92 Å². The lowest BCUT2D eigenvalue weighted by atomic mass is 9.96. The average Bonchev–Trinajstić information content (AvgIpc) is 2.83. The van der Waals surface area contributed by atoms with Gasteiger partial charge in [0.2, 0.25) is 8.32 Å². The lowest BCUT2D eigenvalue weighted by molar-refractivity contribution is -0.124. The Morgan fingerprint density at radius 2 is 1.38 bits per heavy atom. The number of rotatable bonds is 12. The van der Waals surface area contributed by atoms with E-state index in [1.165, 1.54) is 12.1 Å². The predicted molar refractivity (Wildman–Crippen MR) is 152 cm³/mol. The largest absolute Gasteiger partial charge is 0.401 e. The smallest absolute Gasteiger partial charge is 0.265 e. The molecule has 0 spiro atoms. The Hall–Kier alpha value is -2.26. The molecule has 0 aliphatic heterocycles. The fourth-order valence-electron chi connectivity index (χ4n) is 5.11. The molecule has 6 nitrogen and oxygen atoms in total. The maximum atomic E-state index is 13.5. The number of aliphatic hydroxyl groups is 1. The fraction of sp³-hybridized carbons (Fsp3) is 0.483. The van der Waals surface area contributed by atoms with Gasteiger partial charge in [0.25, 0.3) is 15.9 Å². The first kappa shape index (κ1) is 31.0. The van der Waals surface area contributed by atoms with Crippen LogP contribution in [-0.4, -0.2) is 33.9 Å². The van der Waals surface area contributed by atoms with E-state index in [2.05, 4.69) is 46.3 Å². The summed E-state index contributed by atoms with van der Waals surface area (Å²) in [5.74, 6) is -1.07. The number of carbonyl (C=O) groups excluding carboxylic acids is 1. The first-order valence-corrected chi connectivity index (χ1v) is 16.6. The molecule has 2 aromatic rings.